The monoisotopic (exact) mass is 568 g/mol. The highest BCUT2D eigenvalue weighted by molar-refractivity contribution is 5.94. The van der Waals surface area contributed by atoms with E-state index >= 15 is 0 Å². The smallest absolute Gasteiger partial charge is 0.253 e. The third-order valence-corrected chi connectivity index (χ3v) is 7.74. The normalized spacial score (nSPS) is 15.1. The molecule has 216 valence electrons. The first-order chi connectivity index (χ1) is 20.4. The van der Waals surface area contributed by atoms with Gasteiger partial charge in [0.25, 0.3) is 5.91 Å². The molecule has 10 nitrogen and oxygen atoms in total. The number of hydrogen-bond acceptors (Lipinski definition) is 9. The van der Waals surface area contributed by atoms with E-state index in [1.165, 1.54) is 6.07 Å². The largest absolute Gasteiger partial charge is 0.360 e. The Morgan fingerprint density at radius 2 is 1.88 bits per heavy atom. The number of carbonyl (C=O) groups is 1. The van der Waals surface area contributed by atoms with Crippen LogP contribution in [0.1, 0.15) is 40.1 Å². The number of anilines is 4. The van der Waals surface area contributed by atoms with Crippen LogP contribution in [0.4, 0.5) is 27.5 Å². The third-order valence-electron chi connectivity index (χ3n) is 7.74. The van der Waals surface area contributed by atoms with E-state index in [0.717, 1.165) is 61.8 Å². The number of rotatable bonds is 8. The fraction of sp³-hybridized carbons (Fsp3) is 0.290. The van der Waals surface area contributed by atoms with Crippen LogP contribution in [0.25, 0.3) is 6.08 Å². The molecule has 4 aromatic rings. The van der Waals surface area contributed by atoms with Gasteiger partial charge in [-0.2, -0.15) is 4.98 Å². The first-order valence-corrected chi connectivity index (χ1v) is 14.0. The molecule has 1 saturated heterocycles. The third kappa shape index (κ3) is 6.26. The maximum atomic E-state index is 13.6. The lowest BCUT2D eigenvalue weighted by molar-refractivity contribution is 0.0589. The van der Waals surface area contributed by atoms with E-state index in [-0.39, 0.29) is 11.7 Å². The van der Waals surface area contributed by atoms with E-state index in [4.69, 9.17) is 4.52 Å². The number of nitrogens with zero attached hydrogens (tertiary/aromatic N) is 6. The van der Waals surface area contributed by atoms with Gasteiger partial charge in [-0.05, 0) is 87.0 Å². The number of carbonyl (C=O) groups excluding carboxylic acids is 1. The van der Waals surface area contributed by atoms with Crippen molar-refractivity contribution < 1.29 is 13.7 Å². The zero-order chi connectivity index (χ0) is 29.1. The predicted octanol–water partition coefficient (Wildman–Crippen LogP) is 5.38. The number of aromatic nitrogens is 3. The molecular weight excluding hydrogens is 535 g/mol. The number of halogens is 1. The van der Waals surface area contributed by atoms with Crippen LogP contribution in [0, 0.1) is 12.7 Å². The molecular formula is C31H33FN8O2. The van der Waals surface area contributed by atoms with Gasteiger partial charge in [0.1, 0.15) is 11.6 Å². The highest BCUT2D eigenvalue weighted by Gasteiger charge is 2.27. The fourth-order valence-corrected chi connectivity index (χ4v) is 5.35. The van der Waals surface area contributed by atoms with E-state index in [0.29, 0.717) is 28.9 Å². The molecule has 42 heavy (non-hydrogen) atoms. The molecule has 0 bridgehead atoms. The van der Waals surface area contributed by atoms with Crippen LogP contribution < -0.4 is 10.6 Å². The van der Waals surface area contributed by atoms with Gasteiger partial charge in [-0.15, -0.1) is 0 Å². The standard InChI is InChI=1S/C31H33FN8O2/c1-21-17-25(7-8-27(21)32)35-29-9-13-33-31(37-29)36-24-5-3-22(4-6-24)30(41)40-15-10-26(11-16-40)38(2)20-39-14-12-28-23(19-39)18-34-42-28/h3-9,12-14,17-18,26H,10-11,15-16,19-20H2,1-2H3,(H2,33,35,36,37). The van der Waals surface area contributed by atoms with Gasteiger partial charge in [0, 0.05) is 60.6 Å². The Morgan fingerprint density at radius 3 is 2.67 bits per heavy atom. The lowest BCUT2D eigenvalue weighted by atomic mass is 10.0. The molecule has 0 saturated carbocycles. The average molecular weight is 569 g/mol. The zero-order valence-electron chi connectivity index (χ0n) is 23.6. The van der Waals surface area contributed by atoms with Crippen molar-refractivity contribution in [1.82, 2.24) is 29.8 Å². The Labute approximate surface area is 243 Å². The van der Waals surface area contributed by atoms with E-state index in [2.05, 4.69) is 48.8 Å². The van der Waals surface area contributed by atoms with Gasteiger partial charge < -0.3 is 25.0 Å². The number of amides is 1. The van der Waals surface area contributed by atoms with Crippen molar-refractivity contribution in [2.24, 2.45) is 0 Å². The van der Waals surface area contributed by atoms with Crippen molar-refractivity contribution in [3.63, 3.8) is 0 Å². The number of likely N-dealkylation sites (tertiary alicyclic amines) is 1. The van der Waals surface area contributed by atoms with E-state index < -0.39 is 0 Å². The number of piperidine rings is 1. The molecule has 1 amide bonds. The van der Waals surface area contributed by atoms with Crippen LogP contribution in [0.15, 0.2) is 71.6 Å². The van der Waals surface area contributed by atoms with Crippen LogP contribution in [-0.2, 0) is 6.54 Å². The number of aryl methyl sites for hydroxylation is 1. The van der Waals surface area contributed by atoms with E-state index in [9.17, 15) is 9.18 Å². The van der Waals surface area contributed by atoms with Crippen LogP contribution in [-0.4, -0.2) is 68.6 Å². The number of hydrogen-bond donors (Lipinski definition) is 2. The molecule has 6 rings (SSSR count). The van der Waals surface area contributed by atoms with Gasteiger partial charge >= 0.3 is 0 Å². The maximum absolute atomic E-state index is 13.6. The Morgan fingerprint density at radius 1 is 1.10 bits per heavy atom. The summed E-state index contributed by atoms with van der Waals surface area (Å²) in [5.41, 5.74) is 3.81. The molecule has 2 N–H and O–H groups in total. The second-order valence-electron chi connectivity index (χ2n) is 10.8. The van der Waals surface area contributed by atoms with Crippen molar-refractivity contribution in [2.75, 3.05) is 37.4 Å². The molecule has 4 heterocycles. The average Bonchev–Trinajstić information content (AvgIpc) is 3.47. The second-order valence-corrected chi connectivity index (χ2v) is 10.8. The first-order valence-electron chi connectivity index (χ1n) is 14.0. The summed E-state index contributed by atoms with van der Waals surface area (Å²) < 4.78 is 18.8. The molecule has 11 heteroatoms. The van der Waals surface area contributed by atoms with Gasteiger partial charge in [-0.1, -0.05) is 5.16 Å². The predicted molar refractivity (Wildman–Crippen MR) is 159 cm³/mol. The first kappa shape index (κ1) is 27.4. The van der Waals surface area contributed by atoms with Gasteiger partial charge in [0.05, 0.1) is 12.9 Å². The topological polar surface area (TPSA) is 103 Å². The van der Waals surface area contributed by atoms with Crippen molar-refractivity contribution in [1.29, 1.82) is 0 Å². The lowest BCUT2D eigenvalue weighted by Gasteiger charge is -2.39. The molecule has 0 atom stereocenters. The quantitative estimate of drug-likeness (QED) is 0.290. The molecule has 2 aliphatic rings. The lowest BCUT2D eigenvalue weighted by Crippen LogP contribution is -2.47. The van der Waals surface area contributed by atoms with Crippen LogP contribution in [0.3, 0.4) is 0 Å². The van der Waals surface area contributed by atoms with Crippen molar-refractivity contribution in [2.45, 2.75) is 32.4 Å². The maximum Gasteiger partial charge on any atom is 0.253 e. The summed E-state index contributed by atoms with van der Waals surface area (Å²) in [6.45, 7) is 4.75. The highest BCUT2D eigenvalue weighted by atomic mass is 19.1. The molecule has 0 unspecified atom stereocenters. The zero-order valence-corrected chi connectivity index (χ0v) is 23.6. The van der Waals surface area contributed by atoms with Gasteiger partial charge in [-0.25, -0.2) is 9.37 Å². The summed E-state index contributed by atoms with van der Waals surface area (Å²) in [7, 11) is 2.14. The van der Waals surface area contributed by atoms with Crippen molar-refractivity contribution in [3.8, 4) is 0 Å². The Balaban J connectivity index is 0.994. The van der Waals surface area contributed by atoms with Crippen molar-refractivity contribution in [3.05, 3.63) is 95.4 Å². The molecule has 0 radical (unpaired) electrons. The summed E-state index contributed by atoms with van der Waals surface area (Å²) in [6.07, 6.45) is 9.28. The molecule has 1 fully saturated rings. The minimum absolute atomic E-state index is 0.0404. The van der Waals surface area contributed by atoms with Gasteiger partial charge in [-0.3, -0.25) is 9.69 Å². The molecule has 0 aliphatic carbocycles. The van der Waals surface area contributed by atoms with Crippen molar-refractivity contribution >= 4 is 35.1 Å². The van der Waals surface area contributed by atoms with Crippen LogP contribution >= 0.6 is 0 Å². The van der Waals surface area contributed by atoms with Crippen LogP contribution in [0.2, 0.25) is 0 Å². The number of nitrogens with one attached hydrogen (secondary N) is 2. The minimum atomic E-state index is -0.251. The summed E-state index contributed by atoms with van der Waals surface area (Å²) in [6, 6.07) is 14.3. The van der Waals surface area contributed by atoms with E-state index in [1.807, 2.05) is 35.2 Å². The minimum Gasteiger partial charge on any atom is -0.360 e. The van der Waals surface area contributed by atoms with E-state index in [1.54, 1.807) is 37.5 Å². The number of benzene rings is 2. The molecule has 2 aliphatic heterocycles. The van der Waals surface area contributed by atoms with Gasteiger partial charge in [0.2, 0.25) is 5.95 Å². The fourth-order valence-electron chi connectivity index (χ4n) is 5.35. The van der Waals surface area contributed by atoms with Crippen LogP contribution in [0.5, 0.6) is 0 Å². The SMILES string of the molecule is Cc1cc(Nc2ccnc(Nc3ccc(C(=O)N4CCC(N(C)CN5C=Cc6oncc6C5)CC4)cc3)n2)ccc1F. The molecule has 0 spiro atoms. The summed E-state index contributed by atoms with van der Waals surface area (Å²) >= 11 is 0. The second kappa shape index (κ2) is 12.0. The summed E-state index contributed by atoms with van der Waals surface area (Å²) in [4.78, 5) is 28.5. The molecule has 2 aromatic heterocycles. The Kier molecular flexibility index (Phi) is 7.83. The Hall–Kier alpha value is -4.77. The number of fused-ring (bicyclic) bond motifs is 1. The molecule has 2 aromatic carbocycles. The summed E-state index contributed by atoms with van der Waals surface area (Å²) in [5, 5.41) is 10.2. The van der Waals surface area contributed by atoms with Gasteiger partial charge in [0.15, 0.2) is 5.76 Å². The summed E-state index contributed by atoms with van der Waals surface area (Å²) in [5.74, 6) is 1.61. The highest BCUT2D eigenvalue weighted by Crippen LogP contribution is 2.23. The Bertz CT molecular complexity index is 1580.